The predicted molar refractivity (Wildman–Crippen MR) is 127 cm³/mol. The van der Waals surface area contributed by atoms with Gasteiger partial charge < -0.3 is 23.7 Å². The third-order valence-corrected chi connectivity index (χ3v) is 8.10. The molecule has 216 valence electrons. The lowest BCUT2D eigenvalue weighted by Gasteiger charge is -2.37. The molecule has 1 aromatic rings. The SMILES string of the molecule is CCS(=O)(=O)OCC[C@]1(COC2CCCCO2)O[C@@H](n2cc(F)c(=O)[nH]c2=O)[C@@H](F)[C@@H]1OC1CCCCO1. The van der Waals surface area contributed by atoms with Gasteiger partial charge in [-0.05, 0) is 45.4 Å². The van der Waals surface area contributed by atoms with Gasteiger partial charge in [-0.25, -0.2) is 9.18 Å². The van der Waals surface area contributed by atoms with Gasteiger partial charge in [0.05, 0.1) is 25.2 Å². The summed E-state index contributed by atoms with van der Waals surface area (Å²) < 4.78 is 89.2. The Hall–Kier alpha value is -1.75. The number of rotatable bonds is 11. The predicted octanol–water partition coefficient (Wildman–Crippen LogP) is 1.49. The van der Waals surface area contributed by atoms with Crippen molar-refractivity contribution in [3.05, 3.63) is 32.9 Å². The molecule has 3 saturated heterocycles. The van der Waals surface area contributed by atoms with Crippen LogP contribution in [0.3, 0.4) is 0 Å². The van der Waals surface area contributed by atoms with Gasteiger partial charge in [-0.2, -0.15) is 12.8 Å². The number of halogens is 2. The van der Waals surface area contributed by atoms with Gasteiger partial charge >= 0.3 is 5.69 Å². The van der Waals surface area contributed by atoms with Gasteiger partial charge in [0.15, 0.2) is 25.0 Å². The van der Waals surface area contributed by atoms with Crippen molar-refractivity contribution in [3.8, 4) is 0 Å². The highest BCUT2D eigenvalue weighted by atomic mass is 32.2. The van der Waals surface area contributed by atoms with Crippen LogP contribution in [0, 0.1) is 5.82 Å². The molecule has 0 spiro atoms. The normalized spacial score (nSPS) is 32.4. The van der Waals surface area contributed by atoms with Gasteiger partial charge in [0.2, 0.25) is 5.82 Å². The highest BCUT2D eigenvalue weighted by molar-refractivity contribution is 7.86. The molecule has 0 aliphatic carbocycles. The van der Waals surface area contributed by atoms with Crippen LogP contribution >= 0.6 is 0 Å². The maximum Gasteiger partial charge on any atom is 0.330 e. The van der Waals surface area contributed by atoms with E-state index in [4.69, 9.17) is 27.9 Å². The van der Waals surface area contributed by atoms with E-state index in [0.717, 1.165) is 25.7 Å². The van der Waals surface area contributed by atoms with Gasteiger partial charge in [-0.3, -0.25) is 18.5 Å². The number of alkyl halides is 1. The number of nitrogens with zero attached hydrogens (tertiary/aromatic N) is 1. The van der Waals surface area contributed by atoms with E-state index in [0.29, 0.717) is 36.8 Å². The lowest BCUT2D eigenvalue weighted by molar-refractivity contribution is -0.250. The molecule has 1 aromatic heterocycles. The number of nitrogens with one attached hydrogen (secondary N) is 1. The molecule has 12 nitrogen and oxygen atoms in total. The van der Waals surface area contributed by atoms with E-state index in [1.54, 1.807) is 4.98 Å². The maximum absolute atomic E-state index is 16.2. The Morgan fingerprint density at radius 1 is 1.13 bits per heavy atom. The third-order valence-electron chi connectivity index (χ3n) is 6.86. The quantitative estimate of drug-likeness (QED) is 0.390. The Kier molecular flexibility index (Phi) is 9.71. The molecule has 3 aliphatic heterocycles. The summed E-state index contributed by atoms with van der Waals surface area (Å²) in [5.74, 6) is -1.58. The summed E-state index contributed by atoms with van der Waals surface area (Å²) in [4.78, 5) is 25.8. The molecule has 6 atom stereocenters. The summed E-state index contributed by atoms with van der Waals surface area (Å²) in [7, 11) is -3.84. The van der Waals surface area contributed by atoms with Gasteiger partial charge in [-0.1, -0.05) is 0 Å². The van der Waals surface area contributed by atoms with Crippen molar-refractivity contribution >= 4 is 10.1 Å². The second-order valence-corrected chi connectivity index (χ2v) is 11.5. The number of aromatic nitrogens is 2. The van der Waals surface area contributed by atoms with E-state index in [1.165, 1.54) is 6.92 Å². The maximum atomic E-state index is 16.2. The number of ether oxygens (including phenoxy) is 5. The fraction of sp³-hybridized carbons (Fsp3) is 0.826. The largest absolute Gasteiger partial charge is 0.353 e. The molecule has 3 fully saturated rings. The monoisotopic (exact) mass is 568 g/mol. The molecule has 0 aromatic carbocycles. The molecule has 15 heteroatoms. The molecule has 0 amide bonds. The first-order valence-electron chi connectivity index (χ1n) is 12.8. The molecule has 4 heterocycles. The zero-order chi connectivity index (χ0) is 27.3. The zero-order valence-corrected chi connectivity index (χ0v) is 22.0. The molecule has 0 bridgehead atoms. The average Bonchev–Trinajstić information content (AvgIpc) is 3.17. The molecule has 3 aliphatic rings. The fourth-order valence-electron chi connectivity index (χ4n) is 4.74. The smallest absolute Gasteiger partial charge is 0.330 e. The standard InChI is InChI=1S/C23H34F2N2O10S/c1-2-38(30,31)35-12-9-23(14-34-16-7-3-5-10-32-16)19(36-17-8-4-6-11-33-17)18(25)21(37-23)27-13-15(24)20(28)26-22(27)29/h13,16-19,21H,2-12,14H2,1H3,(H,26,28,29)/t16?,17?,18-,19-,21+,23+/m0/s1. The van der Waals surface area contributed by atoms with Gasteiger partial charge in [0, 0.05) is 19.6 Å². The van der Waals surface area contributed by atoms with Crippen molar-refractivity contribution in [2.45, 2.75) is 88.6 Å². The van der Waals surface area contributed by atoms with Crippen molar-refractivity contribution in [3.63, 3.8) is 0 Å². The van der Waals surface area contributed by atoms with Gasteiger partial charge in [0.1, 0.15) is 11.7 Å². The first-order valence-corrected chi connectivity index (χ1v) is 14.4. The minimum atomic E-state index is -3.84. The molecule has 2 unspecified atom stereocenters. The third kappa shape index (κ3) is 6.87. The van der Waals surface area contributed by atoms with Crippen LogP contribution in [-0.4, -0.2) is 80.6 Å². The van der Waals surface area contributed by atoms with E-state index < -0.39 is 70.5 Å². The van der Waals surface area contributed by atoms with Crippen LogP contribution in [0.2, 0.25) is 0 Å². The summed E-state index contributed by atoms with van der Waals surface area (Å²) >= 11 is 0. The lowest BCUT2D eigenvalue weighted by Crippen LogP contribution is -2.51. The topological polar surface area (TPSA) is 144 Å². The Morgan fingerprint density at radius 3 is 2.45 bits per heavy atom. The minimum absolute atomic E-state index is 0.214. The van der Waals surface area contributed by atoms with Crippen LogP contribution in [0.15, 0.2) is 15.8 Å². The summed E-state index contributed by atoms with van der Waals surface area (Å²) in [5.41, 5.74) is -4.03. The van der Waals surface area contributed by atoms with Crippen molar-refractivity contribution in [2.75, 3.05) is 32.2 Å². The molecular weight excluding hydrogens is 534 g/mol. The second kappa shape index (κ2) is 12.6. The first kappa shape index (κ1) is 29.2. The highest BCUT2D eigenvalue weighted by Gasteiger charge is 2.59. The van der Waals surface area contributed by atoms with Gasteiger partial charge in [-0.15, -0.1) is 0 Å². The number of H-pyrrole nitrogens is 1. The Balaban J connectivity index is 1.67. The van der Waals surface area contributed by atoms with Crippen molar-refractivity contribution in [2.24, 2.45) is 0 Å². The fourth-order valence-corrected chi connectivity index (χ4v) is 5.25. The second-order valence-electron chi connectivity index (χ2n) is 9.54. The molecular formula is C23H34F2N2O10S. The number of hydrogen-bond donors (Lipinski definition) is 1. The van der Waals surface area contributed by atoms with Gasteiger partial charge in [0.25, 0.3) is 15.7 Å². The molecule has 1 N–H and O–H groups in total. The Labute approximate surface area is 218 Å². The Bertz CT molecular complexity index is 1150. The summed E-state index contributed by atoms with van der Waals surface area (Å²) in [6.45, 7) is 1.60. The highest BCUT2D eigenvalue weighted by Crippen LogP contribution is 2.44. The van der Waals surface area contributed by atoms with E-state index >= 15 is 4.39 Å². The van der Waals surface area contributed by atoms with E-state index in [1.807, 2.05) is 0 Å². The van der Waals surface area contributed by atoms with Crippen LogP contribution in [0.25, 0.3) is 0 Å². The molecule has 38 heavy (non-hydrogen) atoms. The minimum Gasteiger partial charge on any atom is -0.353 e. The van der Waals surface area contributed by atoms with Crippen molar-refractivity contribution in [1.29, 1.82) is 0 Å². The molecule has 4 rings (SSSR count). The Morgan fingerprint density at radius 2 is 1.82 bits per heavy atom. The summed E-state index contributed by atoms with van der Waals surface area (Å²) in [5, 5.41) is 0. The average molecular weight is 569 g/mol. The molecule has 0 saturated carbocycles. The number of aromatic amines is 1. The van der Waals surface area contributed by atoms with E-state index in [-0.39, 0.29) is 18.8 Å². The van der Waals surface area contributed by atoms with Crippen molar-refractivity contribution in [1.82, 2.24) is 9.55 Å². The van der Waals surface area contributed by atoms with E-state index in [2.05, 4.69) is 0 Å². The summed E-state index contributed by atoms with van der Waals surface area (Å²) in [6, 6.07) is 0. The van der Waals surface area contributed by atoms with Crippen LogP contribution in [-0.2, 0) is 38.0 Å². The van der Waals surface area contributed by atoms with Crippen LogP contribution in [0.1, 0.15) is 58.1 Å². The van der Waals surface area contributed by atoms with Crippen LogP contribution in [0.4, 0.5) is 8.78 Å². The van der Waals surface area contributed by atoms with Crippen LogP contribution in [0.5, 0.6) is 0 Å². The van der Waals surface area contributed by atoms with Crippen molar-refractivity contribution < 1.29 is 45.1 Å². The van der Waals surface area contributed by atoms with Crippen LogP contribution < -0.4 is 11.2 Å². The first-order chi connectivity index (χ1) is 18.1. The van der Waals surface area contributed by atoms with E-state index in [9.17, 15) is 22.4 Å². The lowest BCUT2D eigenvalue weighted by atomic mass is 9.92. The zero-order valence-electron chi connectivity index (χ0n) is 21.1. The molecule has 0 radical (unpaired) electrons. The number of hydrogen-bond acceptors (Lipinski definition) is 10. The summed E-state index contributed by atoms with van der Waals surface area (Å²) in [6.07, 6.45) is -1.88.